The fraction of sp³-hybridized carbons (Fsp3) is 0. The summed E-state index contributed by atoms with van der Waals surface area (Å²) in [6.07, 6.45) is 0. The van der Waals surface area contributed by atoms with Gasteiger partial charge in [-0.1, -0.05) is 121 Å². The first-order chi connectivity index (χ1) is 24.9. The summed E-state index contributed by atoms with van der Waals surface area (Å²) in [6, 6.07) is 47.0. The van der Waals surface area contributed by atoms with E-state index < -0.39 is 6.04 Å². The molecule has 2 heteroatoms. The number of para-hydroxylation sites is 2. The quantitative estimate of drug-likeness (QED) is 0.194. The van der Waals surface area contributed by atoms with Crippen molar-refractivity contribution in [2.24, 2.45) is 0 Å². The Morgan fingerprint density at radius 1 is 0.391 bits per heavy atom. The summed E-state index contributed by atoms with van der Waals surface area (Å²) in [7, 11) is 0. The summed E-state index contributed by atoms with van der Waals surface area (Å²) in [5, 5.41) is 8.78. The zero-order chi connectivity index (χ0) is 34.5. The Kier molecular flexibility index (Phi) is 4.37. The third kappa shape index (κ3) is 3.59. The van der Waals surface area contributed by atoms with Gasteiger partial charge in [-0.3, -0.25) is 0 Å². The molecule has 214 valence electrons. The molecule has 0 saturated carbocycles. The van der Waals surface area contributed by atoms with Crippen molar-refractivity contribution in [3.8, 4) is 22.5 Å². The number of fused-ring (bicyclic) bond motifs is 9. The van der Waals surface area contributed by atoms with Gasteiger partial charge < -0.3 is 9.13 Å². The molecule has 0 unspecified atom stereocenters. The van der Waals surface area contributed by atoms with E-state index in [4.69, 9.17) is 6.85 Å². The van der Waals surface area contributed by atoms with Crippen LogP contribution in [0, 0.1) is 0 Å². The second kappa shape index (κ2) is 9.69. The van der Waals surface area contributed by atoms with Crippen LogP contribution in [0.5, 0.6) is 0 Å². The largest absolute Gasteiger partial charge is 0.309 e. The van der Waals surface area contributed by atoms with Gasteiger partial charge in [-0.25, -0.2) is 0 Å². The van der Waals surface area contributed by atoms with Gasteiger partial charge in [0.2, 0.25) is 0 Å². The van der Waals surface area contributed by atoms with Crippen LogP contribution in [-0.2, 0) is 0 Å². The Bertz CT molecular complexity index is 3060. The molecule has 10 aromatic rings. The summed E-state index contributed by atoms with van der Waals surface area (Å²) in [6.45, 7) is 0. The molecule has 0 atom stereocenters. The second-order valence-corrected chi connectivity index (χ2v) is 11.8. The molecule has 0 aliphatic heterocycles. The molecular weight excluding hydrogens is 556 g/mol. The van der Waals surface area contributed by atoms with Crippen molar-refractivity contribution < 1.29 is 6.85 Å². The average molecular weight is 590 g/mol. The lowest BCUT2D eigenvalue weighted by molar-refractivity contribution is 1.17. The van der Waals surface area contributed by atoms with E-state index in [1.54, 1.807) is 0 Å². The Labute approximate surface area is 273 Å². The minimum Gasteiger partial charge on any atom is -0.309 e. The predicted octanol–water partition coefficient (Wildman–Crippen LogP) is 11.9. The van der Waals surface area contributed by atoms with Crippen LogP contribution in [0.2, 0.25) is 0 Å². The maximum absolute atomic E-state index is 8.94. The number of hydrogen-bond donors (Lipinski definition) is 0. The second-order valence-electron chi connectivity index (χ2n) is 11.8. The molecule has 0 bridgehead atoms. The van der Waals surface area contributed by atoms with Crippen LogP contribution in [0.25, 0.3) is 87.7 Å². The number of benzene rings is 8. The van der Waals surface area contributed by atoms with Crippen LogP contribution < -0.4 is 0 Å². The van der Waals surface area contributed by atoms with Crippen molar-refractivity contribution in [2.45, 2.75) is 0 Å². The number of hydrogen-bond acceptors (Lipinski definition) is 0. The average Bonchev–Trinajstić information content (AvgIpc) is 3.67. The highest BCUT2D eigenvalue weighted by Crippen LogP contribution is 2.42. The van der Waals surface area contributed by atoms with E-state index in [1.165, 1.54) is 10.8 Å². The highest BCUT2D eigenvalue weighted by atomic mass is 15.0. The van der Waals surface area contributed by atoms with Crippen LogP contribution in [-0.4, -0.2) is 9.13 Å². The standard InChI is InChI=1S/C44H28N2/c1-2-16-32(17-3-1)45-40-23-9-8-21-37(40)38-27-39-43(28-42(38)45)46(41-25-24-30-13-5-7-20-36(30)44(39)41)33-18-10-15-31(26-33)35-22-11-14-29-12-4-6-19-34(29)35/h1-28H/i1D,2D,3D,16D,17D. The Balaban J connectivity index is 1.36. The normalized spacial score (nSPS) is 13.4. The lowest BCUT2D eigenvalue weighted by atomic mass is 9.98. The first-order valence-corrected chi connectivity index (χ1v) is 15.5. The summed E-state index contributed by atoms with van der Waals surface area (Å²) >= 11 is 0. The van der Waals surface area contributed by atoms with Gasteiger partial charge in [0.1, 0.15) is 0 Å². The summed E-state index contributed by atoms with van der Waals surface area (Å²) < 4.78 is 47.3. The lowest BCUT2D eigenvalue weighted by Gasteiger charge is -2.13. The Morgan fingerprint density at radius 2 is 1.07 bits per heavy atom. The minimum absolute atomic E-state index is 0.137. The maximum atomic E-state index is 8.94. The van der Waals surface area contributed by atoms with Gasteiger partial charge in [0.25, 0.3) is 0 Å². The van der Waals surface area contributed by atoms with Gasteiger partial charge in [0.05, 0.1) is 28.9 Å². The molecule has 0 saturated heterocycles. The Hall–Kier alpha value is -6.12. The third-order valence-corrected chi connectivity index (χ3v) is 9.36. The molecule has 10 rings (SSSR count). The van der Waals surface area contributed by atoms with Gasteiger partial charge in [0, 0.05) is 32.9 Å². The smallest absolute Gasteiger partial charge is 0.0645 e. The predicted molar refractivity (Wildman–Crippen MR) is 196 cm³/mol. The third-order valence-electron chi connectivity index (χ3n) is 9.36. The van der Waals surface area contributed by atoms with Crippen molar-refractivity contribution in [3.05, 3.63) is 170 Å². The number of aromatic nitrogens is 2. The zero-order valence-corrected chi connectivity index (χ0v) is 24.7. The van der Waals surface area contributed by atoms with E-state index in [1.807, 2.05) is 28.8 Å². The minimum atomic E-state index is -0.407. The first kappa shape index (κ1) is 20.8. The molecule has 0 spiro atoms. The van der Waals surface area contributed by atoms with E-state index >= 15 is 0 Å². The molecule has 0 fully saturated rings. The zero-order valence-electron chi connectivity index (χ0n) is 29.7. The number of rotatable bonds is 3. The molecule has 8 aromatic carbocycles. The maximum Gasteiger partial charge on any atom is 0.0645 e. The van der Waals surface area contributed by atoms with Crippen LogP contribution in [0.1, 0.15) is 6.85 Å². The summed E-state index contributed by atoms with van der Waals surface area (Å²) in [4.78, 5) is 0. The van der Waals surface area contributed by atoms with Gasteiger partial charge in [-0.2, -0.15) is 0 Å². The van der Waals surface area contributed by atoms with Crippen molar-refractivity contribution in [3.63, 3.8) is 0 Å². The molecule has 0 amide bonds. The summed E-state index contributed by atoms with van der Waals surface area (Å²) in [5.74, 6) is 0. The van der Waals surface area contributed by atoms with E-state index in [-0.39, 0.29) is 29.9 Å². The molecule has 0 radical (unpaired) electrons. The van der Waals surface area contributed by atoms with Crippen molar-refractivity contribution in [1.29, 1.82) is 0 Å². The summed E-state index contributed by atoms with van der Waals surface area (Å²) in [5.41, 5.74) is 6.96. The topological polar surface area (TPSA) is 9.86 Å². The first-order valence-electron chi connectivity index (χ1n) is 18.0. The van der Waals surface area contributed by atoms with E-state index in [0.29, 0.717) is 0 Å². The SMILES string of the molecule is [2H]c1c([2H])c([2H])c(-n2c3ccccc3c3cc4c5c6ccccc6ccc5n(-c5cccc(-c6cccc7ccccc67)c5)c4cc32)c([2H])c1[2H]. The fourth-order valence-corrected chi connectivity index (χ4v) is 7.41. The molecule has 0 aliphatic carbocycles. The van der Waals surface area contributed by atoms with Crippen LogP contribution >= 0.6 is 0 Å². The highest BCUT2D eigenvalue weighted by Gasteiger charge is 2.20. The van der Waals surface area contributed by atoms with Gasteiger partial charge >= 0.3 is 0 Å². The van der Waals surface area contributed by atoms with Gasteiger partial charge in [-0.15, -0.1) is 0 Å². The highest BCUT2D eigenvalue weighted by molar-refractivity contribution is 6.25. The molecule has 46 heavy (non-hydrogen) atoms. The van der Waals surface area contributed by atoms with Crippen LogP contribution in [0.4, 0.5) is 0 Å². The molecule has 2 nitrogen and oxygen atoms in total. The molecule has 2 heterocycles. The number of nitrogens with zero attached hydrogens (tertiary/aromatic N) is 2. The van der Waals surface area contributed by atoms with Gasteiger partial charge in [-0.05, 0) is 81.2 Å². The van der Waals surface area contributed by atoms with E-state index in [0.717, 1.165) is 71.2 Å². The molecule has 2 aromatic heterocycles. The molecular formula is C44H28N2. The van der Waals surface area contributed by atoms with Crippen LogP contribution in [0.15, 0.2) is 170 Å². The van der Waals surface area contributed by atoms with Crippen molar-refractivity contribution in [2.75, 3.05) is 0 Å². The van der Waals surface area contributed by atoms with Crippen molar-refractivity contribution in [1.82, 2.24) is 9.13 Å². The lowest BCUT2D eigenvalue weighted by Crippen LogP contribution is -1.96. The Morgan fingerprint density at radius 3 is 1.93 bits per heavy atom. The molecule has 0 N–H and O–H groups in total. The van der Waals surface area contributed by atoms with Gasteiger partial charge in [0.15, 0.2) is 0 Å². The van der Waals surface area contributed by atoms with Crippen LogP contribution in [0.3, 0.4) is 0 Å². The monoisotopic (exact) mass is 589 g/mol. The fourth-order valence-electron chi connectivity index (χ4n) is 7.41. The molecule has 0 aliphatic rings. The van der Waals surface area contributed by atoms with E-state index in [9.17, 15) is 0 Å². The van der Waals surface area contributed by atoms with E-state index in [2.05, 4.69) is 120 Å². The van der Waals surface area contributed by atoms with Crippen molar-refractivity contribution >= 4 is 65.2 Å².